The van der Waals surface area contributed by atoms with Gasteiger partial charge in [-0.1, -0.05) is 0 Å². The van der Waals surface area contributed by atoms with E-state index in [1.54, 1.807) is 0 Å². The van der Waals surface area contributed by atoms with Gasteiger partial charge in [-0.3, -0.25) is 14.9 Å². The second kappa shape index (κ2) is 12.2. The first kappa shape index (κ1) is 21.8. The average molecular weight is 384 g/mol. The molecule has 1 aromatic rings. The number of alkyl carbamates (subject to hydrolysis) is 1. The molecule has 0 aromatic heterocycles. The summed E-state index contributed by atoms with van der Waals surface area (Å²) >= 11 is 0. The lowest BCUT2D eigenvalue weighted by atomic mass is 10.3. The molecule has 1 N–H and O–H groups in total. The van der Waals surface area contributed by atoms with Crippen molar-refractivity contribution in [3.8, 4) is 5.75 Å². The minimum absolute atomic E-state index is 0.0418. The number of carbonyl (C=O) groups is 3. The zero-order valence-corrected chi connectivity index (χ0v) is 14.7. The smallest absolute Gasteiger partial charge is 0.442 e. The third-order valence-electron chi connectivity index (χ3n) is 2.84. The molecule has 11 heteroatoms. The van der Waals surface area contributed by atoms with Gasteiger partial charge in [0.1, 0.15) is 12.4 Å². The van der Waals surface area contributed by atoms with E-state index in [4.69, 9.17) is 14.2 Å². The van der Waals surface area contributed by atoms with Crippen LogP contribution in [0.3, 0.4) is 0 Å². The van der Waals surface area contributed by atoms with E-state index in [1.807, 2.05) is 0 Å². The summed E-state index contributed by atoms with van der Waals surface area (Å²) in [6.45, 7) is 1.75. The molecule has 0 aliphatic heterocycles. The maximum absolute atomic E-state index is 11.4. The van der Waals surface area contributed by atoms with Crippen LogP contribution < -0.4 is 10.1 Å². The highest BCUT2D eigenvalue weighted by Gasteiger charge is 2.09. The van der Waals surface area contributed by atoms with Gasteiger partial charge in [0, 0.05) is 25.3 Å². The first-order valence-corrected chi connectivity index (χ1v) is 7.95. The summed E-state index contributed by atoms with van der Waals surface area (Å²) < 4.78 is 19.4. The van der Waals surface area contributed by atoms with E-state index >= 15 is 0 Å². The number of ether oxygens (including phenoxy) is 4. The fourth-order valence-electron chi connectivity index (χ4n) is 1.63. The number of Topliss-reactive ketones (excluding diaryl/α,β-unsaturated/α-hetero) is 1. The zero-order valence-electron chi connectivity index (χ0n) is 14.7. The maximum Gasteiger partial charge on any atom is 0.513 e. The molecule has 148 valence electrons. The van der Waals surface area contributed by atoms with E-state index in [2.05, 4.69) is 10.1 Å². The van der Waals surface area contributed by atoms with Crippen LogP contribution in [0.2, 0.25) is 0 Å². The summed E-state index contributed by atoms with van der Waals surface area (Å²) in [5.41, 5.74) is -0.120. The van der Waals surface area contributed by atoms with Gasteiger partial charge in [-0.05, 0) is 25.5 Å². The molecule has 0 aliphatic rings. The van der Waals surface area contributed by atoms with Crippen LogP contribution in [-0.2, 0) is 19.0 Å². The molecular formula is C16H20N2O9. The number of nitrogens with one attached hydrogen (secondary N) is 1. The maximum atomic E-state index is 11.4. The first-order chi connectivity index (χ1) is 12.9. The van der Waals surface area contributed by atoms with Gasteiger partial charge < -0.3 is 24.3 Å². The van der Waals surface area contributed by atoms with Gasteiger partial charge in [0.15, 0.2) is 12.4 Å². The van der Waals surface area contributed by atoms with Gasteiger partial charge >= 0.3 is 12.2 Å². The molecule has 0 saturated heterocycles. The lowest BCUT2D eigenvalue weighted by Gasteiger charge is -2.07. The Labute approximate surface area is 154 Å². The fraction of sp³-hybridized carbons (Fsp3) is 0.438. The number of carbonyl (C=O) groups excluding carboxylic acids is 3. The molecule has 1 rings (SSSR count). The quantitative estimate of drug-likeness (QED) is 0.199. The van der Waals surface area contributed by atoms with Crippen molar-refractivity contribution in [1.29, 1.82) is 0 Å². The molecule has 0 fully saturated rings. The Kier molecular flexibility index (Phi) is 9.86. The molecule has 0 unspecified atom stereocenters. The van der Waals surface area contributed by atoms with E-state index < -0.39 is 17.2 Å². The Morgan fingerprint density at radius 2 is 1.78 bits per heavy atom. The zero-order chi connectivity index (χ0) is 20.1. The van der Waals surface area contributed by atoms with Crippen molar-refractivity contribution in [2.24, 2.45) is 0 Å². The third kappa shape index (κ3) is 10.4. The molecule has 11 nitrogen and oxygen atoms in total. The summed E-state index contributed by atoms with van der Waals surface area (Å²) in [6, 6.07) is 4.97. The number of nitro groups is 1. The molecule has 0 saturated carbocycles. The number of benzene rings is 1. The van der Waals surface area contributed by atoms with Crippen molar-refractivity contribution in [2.45, 2.75) is 13.3 Å². The molecule has 0 bridgehead atoms. The summed E-state index contributed by atoms with van der Waals surface area (Å²) in [5, 5.41) is 13.0. The molecule has 1 amide bonds. The number of ketones is 1. The van der Waals surface area contributed by atoms with Crippen LogP contribution >= 0.6 is 0 Å². The monoisotopic (exact) mass is 384 g/mol. The van der Waals surface area contributed by atoms with Crippen LogP contribution in [0.25, 0.3) is 0 Å². The largest absolute Gasteiger partial charge is 0.513 e. The van der Waals surface area contributed by atoms with Gasteiger partial charge in [0.05, 0.1) is 11.5 Å². The normalized spacial score (nSPS) is 9.96. The highest BCUT2D eigenvalue weighted by molar-refractivity contribution is 5.79. The van der Waals surface area contributed by atoms with Crippen molar-refractivity contribution in [2.75, 3.05) is 33.0 Å². The van der Waals surface area contributed by atoms with Crippen molar-refractivity contribution in [1.82, 2.24) is 5.32 Å². The van der Waals surface area contributed by atoms with Crippen LogP contribution in [0.1, 0.15) is 13.3 Å². The van der Waals surface area contributed by atoms with Gasteiger partial charge in [0.25, 0.3) is 5.69 Å². The highest BCUT2D eigenvalue weighted by Crippen LogP contribution is 2.17. The van der Waals surface area contributed by atoms with Crippen LogP contribution in [0.15, 0.2) is 24.3 Å². The summed E-state index contributed by atoms with van der Waals surface area (Å²) in [5.74, 6) is -0.130. The molecule has 1 aromatic carbocycles. The minimum atomic E-state index is -0.956. The van der Waals surface area contributed by atoms with Crippen molar-refractivity contribution >= 4 is 23.7 Å². The Balaban J connectivity index is 2.03. The van der Waals surface area contributed by atoms with E-state index in [0.717, 1.165) is 0 Å². The fourth-order valence-corrected chi connectivity index (χ4v) is 1.63. The SMILES string of the molecule is CC(=O)COC(=O)NCCCOCCOC(=O)Oc1ccc([N+](=O)[O-])cc1. The first-order valence-electron chi connectivity index (χ1n) is 7.95. The molecule has 0 heterocycles. The molecule has 0 spiro atoms. The number of hydrogen-bond acceptors (Lipinski definition) is 9. The molecule has 27 heavy (non-hydrogen) atoms. The lowest BCUT2D eigenvalue weighted by molar-refractivity contribution is -0.384. The van der Waals surface area contributed by atoms with Crippen molar-refractivity contribution in [3.05, 3.63) is 34.4 Å². The lowest BCUT2D eigenvalue weighted by Crippen LogP contribution is -2.27. The number of non-ortho nitro benzene ring substituents is 1. The second-order valence-corrected chi connectivity index (χ2v) is 5.12. The standard InChI is InChI=1S/C16H20N2O9/c1-12(19)11-26-15(20)17-7-2-8-24-9-10-25-16(21)27-14-5-3-13(4-6-14)18(22)23/h3-6H,2,7-11H2,1H3,(H,17,20). The second-order valence-electron chi connectivity index (χ2n) is 5.12. The third-order valence-corrected chi connectivity index (χ3v) is 2.84. The number of rotatable bonds is 11. The summed E-state index contributed by atoms with van der Waals surface area (Å²) in [6.07, 6.45) is -1.13. The van der Waals surface area contributed by atoms with Crippen molar-refractivity contribution < 1.29 is 38.3 Å². The van der Waals surface area contributed by atoms with Crippen LogP contribution in [0, 0.1) is 10.1 Å². The number of nitrogens with zero attached hydrogens (tertiary/aromatic N) is 1. The Morgan fingerprint density at radius 3 is 2.41 bits per heavy atom. The van der Waals surface area contributed by atoms with Crippen molar-refractivity contribution in [3.63, 3.8) is 0 Å². The van der Waals surface area contributed by atoms with Gasteiger partial charge in [-0.25, -0.2) is 9.59 Å². The van der Waals surface area contributed by atoms with Gasteiger partial charge in [-0.15, -0.1) is 0 Å². The highest BCUT2D eigenvalue weighted by atomic mass is 16.7. The average Bonchev–Trinajstić information content (AvgIpc) is 2.62. The minimum Gasteiger partial charge on any atom is -0.442 e. The summed E-state index contributed by atoms with van der Waals surface area (Å²) in [7, 11) is 0. The Morgan fingerprint density at radius 1 is 1.07 bits per heavy atom. The Bertz CT molecular complexity index is 646. The van der Waals surface area contributed by atoms with Gasteiger partial charge in [-0.2, -0.15) is 0 Å². The molecule has 0 aliphatic carbocycles. The number of hydrogen-bond donors (Lipinski definition) is 1. The van der Waals surface area contributed by atoms with Crippen LogP contribution in [-0.4, -0.2) is 55.9 Å². The van der Waals surface area contributed by atoms with E-state index in [9.17, 15) is 24.5 Å². The predicted octanol–water partition coefficient (Wildman–Crippen LogP) is 1.83. The molecule has 0 atom stereocenters. The topological polar surface area (TPSA) is 143 Å². The van der Waals surface area contributed by atoms with Crippen LogP contribution in [0.5, 0.6) is 5.75 Å². The van der Waals surface area contributed by atoms with E-state index in [0.29, 0.717) is 19.6 Å². The molecular weight excluding hydrogens is 364 g/mol. The Hall–Kier alpha value is -3.21. The predicted molar refractivity (Wildman–Crippen MR) is 90.5 cm³/mol. The molecule has 0 radical (unpaired) electrons. The van der Waals surface area contributed by atoms with Gasteiger partial charge in [0.2, 0.25) is 0 Å². The number of amides is 1. The number of nitro benzene ring substituents is 1. The van der Waals surface area contributed by atoms with E-state index in [1.165, 1.54) is 31.2 Å². The van der Waals surface area contributed by atoms with Crippen LogP contribution in [0.4, 0.5) is 15.3 Å². The van der Waals surface area contributed by atoms with E-state index in [-0.39, 0.29) is 37.0 Å². The summed E-state index contributed by atoms with van der Waals surface area (Å²) in [4.78, 5) is 43.1.